The van der Waals surface area contributed by atoms with Gasteiger partial charge in [-0.25, -0.2) is 0 Å². The molecule has 19 heavy (non-hydrogen) atoms. The number of allylic oxidation sites excluding steroid dienone is 1. The molecule has 4 unspecified atom stereocenters. The van der Waals surface area contributed by atoms with Crippen molar-refractivity contribution in [2.24, 2.45) is 11.8 Å². The molecule has 0 aromatic carbocycles. The summed E-state index contributed by atoms with van der Waals surface area (Å²) >= 11 is 0. The Bertz CT molecular complexity index is 263. The third-order valence-corrected chi connectivity index (χ3v) is 3.97. The molecule has 1 aliphatic rings. The van der Waals surface area contributed by atoms with Gasteiger partial charge in [-0.1, -0.05) is 32.9 Å². The number of aliphatic hydroxyl groups excluding tert-OH is 1. The Kier molecular flexibility index (Phi) is 7.66. The highest BCUT2D eigenvalue weighted by Crippen LogP contribution is 2.21. The molecule has 112 valence electrons. The van der Waals surface area contributed by atoms with Gasteiger partial charge in [0.25, 0.3) is 0 Å². The van der Waals surface area contributed by atoms with Crippen LogP contribution in [0.25, 0.3) is 0 Å². The zero-order valence-corrected chi connectivity index (χ0v) is 12.8. The summed E-state index contributed by atoms with van der Waals surface area (Å²) in [5.41, 5.74) is 0. The number of methoxy groups -OCH3 is 1. The second-order valence-corrected chi connectivity index (χ2v) is 6.00. The third-order valence-electron chi connectivity index (χ3n) is 3.97. The summed E-state index contributed by atoms with van der Waals surface area (Å²) in [6.07, 6.45) is 8.68. The molecule has 1 aliphatic heterocycles. The van der Waals surface area contributed by atoms with E-state index in [1.807, 2.05) is 0 Å². The van der Waals surface area contributed by atoms with Crippen molar-refractivity contribution in [3.8, 4) is 0 Å². The molecular weight excluding hydrogens is 240 g/mol. The van der Waals surface area contributed by atoms with E-state index in [-0.39, 0.29) is 18.5 Å². The number of aliphatic hydroxyl groups is 1. The van der Waals surface area contributed by atoms with E-state index in [4.69, 9.17) is 9.47 Å². The Balaban J connectivity index is 2.67. The molecule has 0 amide bonds. The lowest BCUT2D eigenvalue weighted by molar-refractivity contribution is -0.169. The molecule has 0 aromatic heterocycles. The second kappa shape index (κ2) is 8.72. The van der Waals surface area contributed by atoms with Gasteiger partial charge in [-0.15, -0.1) is 0 Å². The van der Waals surface area contributed by atoms with Crippen LogP contribution in [0.5, 0.6) is 0 Å². The lowest BCUT2D eigenvalue weighted by Gasteiger charge is -2.27. The largest absolute Gasteiger partial charge is 0.393 e. The fourth-order valence-corrected chi connectivity index (χ4v) is 2.40. The van der Waals surface area contributed by atoms with Gasteiger partial charge < -0.3 is 14.6 Å². The van der Waals surface area contributed by atoms with Gasteiger partial charge in [-0.05, 0) is 43.9 Å². The van der Waals surface area contributed by atoms with E-state index in [1.165, 1.54) is 0 Å². The monoisotopic (exact) mass is 270 g/mol. The topological polar surface area (TPSA) is 38.7 Å². The zero-order valence-electron chi connectivity index (χ0n) is 12.8. The molecule has 0 fully saturated rings. The van der Waals surface area contributed by atoms with Crippen molar-refractivity contribution in [1.29, 1.82) is 0 Å². The van der Waals surface area contributed by atoms with Gasteiger partial charge in [0.15, 0.2) is 6.29 Å². The van der Waals surface area contributed by atoms with E-state index in [1.54, 1.807) is 7.11 Å². The van der Waals surface area contributed by atoms with E-state index in [9.17, 15) is 5.11 Å². The summed E-state index contributed by atoms with van der Waals surface area (Å²) in [5.74, 6) is 0.809. The molecular formula is C16H30O3. The van der Waals surface area contributed by atoms with Crippen LogP contribution < -0.4 is 0 Å². The van der Waals surface area contributed by atoms with Crippen LogP contribution in [-0.2, 0) is 9.47 Å². The predicted molar refractivity (Wildman–Crippen MR) is 77.9 cm³/mol. The van der Waals surface area contributed by atoms with Gasteiger partial charge in [0.2, 0.25) is 0 Å². The van der Waals surface area contributed by atoms with E-state index in [0.717, 1.165) is 32.1 Å². The van der Waals surface area contributed by atoms with Crippen molar-refractivity contribution >= 4 is 0 Å². The SMILES string of the molecule is COC1CCCC(O)C(C)CC=CCC(C(C)C)O1. The molecule has 0 spiro atoms. The van der Waals surface area contributed by atoms with Gasteiger partial charge >= 0.3 is 0 Å². The highest BCUT2D eigenvalue weighted by atomic mass is 16.7. The van der Waals surface area contributed by atoms with E-state index < -0.39 is 0 Å². The minimum Gasteiger partial charge on any atom is -0.393 e. The maximum absolute atomic E-state index is 10.0. The molecule has 0 radical (unpaired) electrons. The van der Waals surface area contributed by atoms with Crippen LogP contribution in [0.4, 0.5) is 0 Å². The summed E-state index contributed by atoms with van der Waals surface area (Å²) in [6, 6.07) is 0. The Morgan fingerprint density at radius 1 is 1.21 bits per heavy atom. The highest BCUT2D eigenvalue weighted by Gasteiger charge is 2.20. The van der Waals surface area contributed by atoms with Crippen molar-refractivity contribution in [3.05, 3.63) is 12.2 Å². The zero-order chi connectivity index (χ0) is 14.3. The van der Waals surface area contributed by atoms with Crippen LogP contribution >= 0.6 is 0 Å². The molecule has 0 bridgehead atoms. The molecule has 0 aliphatic carbocycles. The first-order chi connectivity index (χ1) is 9.04. The second-order valence-electron chi connectivity index (χ2n) is 6.00. The van der Waals surface area contributed by atoms with Gasteiger partial charge in [-0.3, -0.25) is 0 Å². The van der Waals surface area contributed by atoms with Crippen molar-refractivity contribution < 1.29 is 14.6 Å². The van der Waals surface area contributed by atoms with Crippen LogP contribution in [0.1, 0.15) is 52.9 Å². The van der Waals surface area contributed by atoms with Crippen molar-refractivity contribution in [2.45, 2.75) is 71.4 Å². The van der Waals surface area contributed by atoms with Crippen molar-refractivity contribution in [1.82, 2.24) is 0 Å². The summed E-state index contributed by atoms with van der Waals surface area (Å²) < 4.78 is 11.5. The summed E-state index contributed by atoms with van der Waals surface area (Å²) in [4.78, 5) is 0. The van der Waals surface area contributed by atoms with Crippen LogP contribution in [-0.4, -0.2) is 30.7 Å². The Labute approximate surface area is 118 Å². The molecule has 0 aromatic rings. The standard InChI is InChI=1S/C16H30O3/c1-12(2)15-10-6-5-8-13(3)14(17)9-7-11-16(18-4)19-15/h5-6,12-17H,7-11H2,1-4H3. The molecule has 1 heterocycles. The number of hydrogen-bond acceptors (Lipinski definition) is 3. The van der Waals surface area contributed by atoms with Gasteiger partial charge in [-0.2, -0.15) is 0 Å². The number of hydrogen-bond donors (Lipinski definition) is 1. The average Bonchev–Trinajstić information content (AvgIpc) is 2.37. The number of rotatable bonds is 2. The molecule has 3 heteroatoms. The minimum absolute atomic E-state index is 0.150. The normalized spacial score (nSPS) is 34.8. The van der Waals surface area contributed by atoms with E-state index >= 15 is 0 Å². The molecule has 4 atom stereocenters. The fourth-order valence-electron chi connectivity index (χ4n) is 2.40. The Hall–Kier alpha value is -0.380. The van der Waals surface area contributed by atoms with Crippen molar-refractivity contribution in [3.63, 3.8) is 0 Å². The third kappa shape index (κ3) is 6.07. The lowest BCUT2D eigenvalue weighted by Crippen LogP contribution is -2.28. The lowest BCUT2D eigenvalue weighted by atomic mass is 9.95. The molecule has 0 saturated carbocycles. The van der Waals surface area contributed by atoms with Crippen molar-refractivity contribution in [2.75, 3.05) is 7.11 Å². The van der Waals surface area contributed by atoms with Gasteiger partial charge in [0.05, 0.1) is 12.2 Å². The maximum atomic E-state index is 10.0. The van der Waals surface area contributed by atoms with E-state index in [2.05, 4.69) is 32.9 Å². The highest BCUT2D eigenvalue weighted by molar-refractivity contribution is 4.88. The maximum Gasteiger partial charge on any atom is 0.157 e. The fraction of sp³-hybridized carbons (Fsp3) is 0.875. The van der Waals surface area contributed by atoms with Gasteiger partial charge in [0, 0.05) is 7.11 Å². The predicted octanol–water partition coefficient (Wildman–Crippen LogP) is 3.52. The Morgan fingerprint density at radius 2 is 1.89 bits per heavy atom. The first-order valence-corrected chi connectivity index (χ1v) is 7.56. The first kappa shape index (κ1) is 16.7. The number of ether oxygens (including phenoxy) is 2. The molecule has 3 nitrogen and oxygen atoms in total. The van der Waals surface area contributed by atoms with E-state index in [0.29, 0.717) is 11.8 Å². The molecule has 0 saturated heterocycles. The Morgan fingerprint density at radius 3 is 2.53 bits per heavy atom. The summed E-state index contributed by atoms with van der Waals surface area (Å²) in [7, 11) is 1.70. The van der Waals surface area contributed by atoms with Crippen LogP contribution in [0.3, 0.4) is 0 Å². The quantitative estimate of drug-likeness (QED) is 0.780. The summed E-state index contributed by atoms with van der Waals surface area (Å²) in [6.45, 7) is 6.48. The first-order valence-electron chi connectivity index (χ1n) is 7.56. The summed E-state index contributed by atoms with van der Waals surface area (Å²) in [5, 5.41) is 10.0. The average molecular weight is 270 g/mol. The van der Waals surface area contributed by atoms with Crippen LogP contribution in [0.2, 0.25) is 0 Å². The minimum atomic E-state index is -0.220. The smallest absolute Gasteiger partial charge is 0.157 e. The van der Waals surface area contributed by atoms with Gasteiger partial charge in [0.1, 0.15) is 0 Å². The molecule has 1 N–H and O–H groups in total. The van der Waals surface area contributed by atoms with Crippen LogP contribution in [0.15, 0.2) is 12.2 Å². The van der Waals surface area contributed by atoms with Crippen LogP contribution in [0, 0.1) is 11.8 Å². The molecule has 1 rings (SSSR count).